The minimum atomic E-state index is 0.680. The Morgan fingerprint density at radius 2 is 2.00 bits per heavy atom. The molecule has 0 aliphatic carbocycles. The minimum absolute atomic E-state index is 0.680. The second-order valence-electron chi connectivity index (χ2n) is 8.68. The van der Waals surface area contributed by atoms with Crippen LogP contribution in [0.3, 0.4) is 0 Å². The van der Waals surface area contributed by atoms with Crippen molar-refractivity contribution in [3.63, 3.8) is 0 Å². The predicted octanol–water partition coefficient (Wildman–Crippen LogP) is 4.94. The standard InChI is InChI=1S/C26H28N6O2/c1-33-24-16-19(6-7-22(24)31-11-3-2-4-12-31)29-25-26-28-9-13-32(26)17-21(30-25)18-5-8-23-20(15-18)27-10-14-34-23/h5-9,13,15-17,27H,2-4,10-12,14H2,1H3,(H,29,30). The van der Waals surface area contributed by atoms with Crippen molar-refractivity contribution in [2.75, 3.05) is 48.9 Å². The smallest absolute Gasteiger partial charge is 0.180 e. The van der Waals surface area contributed by atoms with Gasteiger partial charge in [-0.05, 0) is 49.6 Å². The number of methoxy groups -OCH3 is 1. The summed E-state index contributed by atoms with van der Waals surface area (Å²) in [6.45, 7) is 3.62. The van der Waals surface area contributed by atoms with E-state index in [1.807, 2.05) is 35.0 Å². The van der Waals surface area contributed by atoms with Crippen LogP contribution in [0.15, 0.2) is 55.0 Å². The summed E-state index contributed by atoms with van der Waals surface area (Å²) in [7, 11) is 1.73. The predicted molar refractivity (Wildman–Crippen MR) is 135 cm³/mol. The van der Waals surface area contributed by atoms with Crippen molar-refractivity contribution in [2.45, 2.75) is 19.3 Å². The van der Waals surface area contributed by atoms with Gasteiger partial charge >= 0.3 is 0 Å². The molecule has 0 amide bonds. The van der Waals surface area contributed by atoms with Gasteiger partial charge in [-0.25, -0.2) is 9.97 Å². The monoisotopic (exact) mass is 456 g/mol. The minimum Gasteiger partial charge on any atom is -0.495 e. The Balaban J connectivity index is 1.35. The van der Waals surface area contributed by atoms with Gasteiger partial charge in [0.05, 0.1) is 24.2 Å². The van der Waals surface area contributed by atoms with Gasteiger partial charge in [0.1, 0.15) is 18.1 Å². The molecule has 0 radical (unpaired) electrons. The Labute approximate surface area is 198 Å². The number of nitrogens with one attached hydrogen (secondary N) is 2. The average Bonchev–Trinajstić information content (AvgIpc) is 3.38. The van der Waals surface area contributed by atoms with Gasteiger partial charge < -0.3 is 29.4 Å². The number of fused-ring (bicyclic) bond motifs is 2. The molecule has 4 heterocycles. The van der Waals surface area contributed by atoms with E-state index < -0.39 is 0 Å². The third kappa shape index (κ3) is 3.85. The van der Waals surface area contributed by atoms with Gasteiger partial charge in [0.15, 0.2) is 11.5 Å². The molecular weight excluding hydrogens is 428 g/mol. The second-order valence-corrected chi connectivity index (χ2v) is 8.68. The third-order valence-corrected chi connectivity index (χ3v) is 6.46. The van der Waals surface area contributed by atoms with Crippen LogP contribution in [0.5, 0.6) is 11.5 Å². The molecule has 2 aromatic carbocycles. The molecule has 8 heteroatoms. The number of hydrogen-bond acceptors (Lipinski definition) is 7. The van der Waals surface area contributed by atoms with Crippen LogP contribution >= 0.6 is 0 Å². The molecule has 2 aromatic heterocycles. The fourth-order valence-corrected chi connectivity index (χ4v) is 4.74. The normalized spacial score (nSPS) is 15.4. The molecule has 0 unspecified atom stereocenters. The summed E-state index contributed by atoms with van der Waals surface area (Å²) in [4.78, 5) is 11.9. The number of benzene rings is 2. The zero-order valence-corrected chi connectivity index (χ0v) is 19.3. The Kier molecular flexibility index (Phi) is 5.33. The van der Waals surface area contributed by atoms with Crippen molar-refractivity contribution in [1.29, 1.82) is 0 Å². The van der Waals surface area contributed by atoms with Gasteiger partial charge in [-0.15, -0.1) is 0 Å². The van der Waals surface area contributed by atoms with E-state index in [4.69, 9.17) is 14.5 Å². The van der Waals surface area contributed by atoms with Gasteiger partial charge in [0.25, 0.3) is 0 Å². The summed E-state index contributed by atoms with van der Waals surface area (Å²) in [5.41, 5.74) is 5.66. The molecule has 8 nitrogen and oxygen atoms in total. The number of anilines is 4. The summed E-state index contributed by atoms with van der Waals surface area (Å²) >= 11 is 0. The molecule has 2 N–H and O–H groups in total. The van der Waals surface area contributed by atoms with Gasteiger partial charge in [0, 0.05) is 55.5 Å². The van der Waals surface area contributed by atoms with E-state index in [1.165, 1.54) is 19.3 Å². The van der Waals surface area contributed by atoms with Crippen LogP contribution in [-0.2, 0) is 0 Å². The van der Waals surface area contributed by atoms with E-state index in [0.717, 1.165) is 65.1 Å². The van der Waals surface area contributed by atoms with Crippen molar-refractivity contribution < 1.29 is 9.47 Å². The zero-order chi connectivity index (χ0) is 22.9. The van der Waals surface area contributed by atoms with Crippen LogP contribution in [0.2, 0.25) is 0 Å². The molecule has 2 aliphatic rings. The lowest BCUT2D eigenvalue weighted by molar-refractivity contribution is 0.323. The van der Waals surface area contributed by atoms with E-state index >= 15 is 0 Å². The Morgan fingerprint density at radius 3 is 2.88 bits per heavy atom. The van der Waals surface area contributed by atoms with Crippen molar-refractivity contribution in [3.05, 3.63) is 55.0 Å². The first-order valence-electron chi connectivity index (χ1n) is 11.8. The first-order valence-corrected chi connectivity index (χ1v) is 11.8. The molecule has 0 saturated carbocycles. The quantitative estimate of drug-likeness (QED) is 0.440. The molecule has 0 bridgehead atoms. The zero-order valence-electron chi connectivity index (χ0n) is 19.3. The first-order chi connectivity index (χ1) is 16.8. The highest BCUT2D eigenvalue weighted by Crippen LogP contribution is 2.35. The lowest BCUT2D eigenvalue weighted by Gasteiger charge is -2.30. The van der Waals surface area contributed by atoms with Crippen LogP contribution in [0.1, 0.15) is 19.3 Å². The number of hydrogen-bond donors (Lipinski definition) is 2. The highest BCUT2D eigenvalue weighted by Gasteiger charge is 2.17. The van der Waals surface area contributed by atoms with E-state index in [0.29, 0.717) is 12.4 Å². The topological polar surface area (TPSA) is 75.9 Å². The molecule has 4 aromatic rings. The Morgan fingerprint density at radius 1 is 1.09 bits per heavy atom. The molecule has 0 spiro atoms. The fraction of sp³-hybridized carbons (Fsp3) is 0.308. The highest BCUT2D eigenvalue weighted by atomic mass is 16.5. The fourth-order valence-electron chi connectivity index (χ4n) is 4.74. The number of imidazole rings is 1. The van der Waals surface area contributed by atoms with E-state index in [2.05, 4.69) is 38.7 Å². The number of piperidine rings is 1. The largest absolute Gasteiger partial charge is 0.495 e. The van der Waals surface area contributed by atoms with Crippen molar-refractivity contribution in [3.8, 4) is 22.8 Å². The van der Waals surface area contributed by atoms with Crippen LogP contribution in [0, 0.1) is 0 Å². The maximum Gasteiger partial charge on any atom is 0.180 e. The summed E-state index contributed by atoms with van der Waals surface area (Å²) in [5, 5.41) is 6.88. The third-order valence-electron chi connectivity index (χ3n) is 6.46. The number of aromatic nitrogens is 3. The number of rotatable bonds is 5. The molecule has 6 rings (SSSR count). The van der Waals surface area contributed by atoms with Crippen molar-refractivity contribution in [2.24, 2.45) is 0 Å². The first kappa shape index (κ1) is 20.7. The molecule has 0 atom stereocenters. The molecule has 34 heavy (non-hydrogen) atoms. The van der Waals surface area contributed by atoms with E-state index in [9.17, 15) is 0 Å². The lowest BCUT2D eigenvalue weighted by atomic mass is 10.1. The maximum absolute atomic E-state index is 5.75. The number of nitrogens with zero attached hydrogens (tertiary/aromatic N) is 4. The van der Waals surface area contributed by atoms with E-state index in [-0.39, 0.29) is 0 Å². The van der Waals surface area contributed by atoms with Crippen LogP contribution in [0.4, 0.5) is 22.9 Å². The highest BCUT2D eigenvalue weighted by molar-refractivity contribution is 5.77. The maximum atomic E-state index is 5.75. The Hall–Kier alpha value is -3.94. The summed E-state index contributed by atoms with van der Waals surface area (Å²) in [6.07, 6.45) is 9.47. The average molecular weight is 457 g/mol. The van der Waals surface area contributed by atoms with Crippen molar-refractivity contribution in [1.82, 2.24) is 14.4 Å². The lowest BCUT2D eigenvalue weighted by Crippen LogP contribution is -2.29. The molecule has 1 saturated heterocycles. The molecular formula is C26H28N6O2. The van der Waals surface area contributed by atoms with Crippen LogP contribution in [-0.4, -0.2) is 47.7 Å². The number of ether oxygens (including phenoxy) is 2. The van der Waals surface area contributed by atoms with Crippen LogP contribution in [0.25, 0.3) is 16.9 Å². The summed E-state index contributed by atoms with van der Waals surface area (Å²) in [5.74, 6) is 2.43. The molecule has 2 aliphatic heterocycles. The van der Waals surface area contributed by atoms with Crippen molar-refractivity contribution >= 4 is 28.5 Å². The molecule has 1 fully saturated rings. The van der Waals surface area contributed by atoms with Crippen LogP contribution < -0.4 is 25.0 Å². The van der Waals surface area contributed by atoms with Gasteiger partial charge in [0.2, 0.25) is 0 Å². The van der Waals surface area contributed by atoms with E-state index in [1.54, 1.807) is 13.3 Å². The SMILES string of the molecule is COc1cc(Nc2nc(-c3ccc4c(c3)NCCO4)cn3ccnc23)ccc1N1CCCCC1. The van der Waals surface area contributed by atoms with Gasteiger partial charge in [-0.2, -0.15) is 0 Å². The van der Waals surface area contributed by atoms with Gasteiger partial charge in [-0.3, -0.25) is 0 Å². The summed E-state index contributed by atoms with van der Waals surface area (Å²) in [6, 6.07) is 12.4. The molecule has 174 valence electrons. The van der Waals surface area contributed by atoms with Gasteiger partial charge in [-0.1, -0.05) is 0 Å². The Bertz CT molecular complexity index is 1330. The second kappa shape index (κ2) is 8.78. The summed E-state index contributed by atoms with van der Waals surface area (Å²) < 4.78 is 13.5.